The summed E-state index contributed by atoms with van der Waals surface area (Å²) in [6, 6.07) is 11.4. The van der Waals surface area contributed by atoms with Crippen molar-refractivity contribution in [3.63, 3.8) is 0 Å². The maximum atomic E-state index is 13.0. The van der Waals surface area contributed by atoms with Crippen LogP contribution in [0.25, 0.3) is 16.9 Å². The maximum Gasteiger partial charge on any atom is 0.283 e. The van der Waals surface area contributed by atoms with Gasteiger partial charge in [0, 0.05) is 5.02 Å². The number of aryl methyl sites for hydroxylation is 1. The second kappa shape index (κ2) is 6.34. The molecule has 130 valence electrons. The van der Waals surface area contributed by atoms with E-state index in [0.717, 1.165) is 11.1 Å². The van der Waals surface area contributed by atoms with E-state index in [1.807, 2.05) is 19.1 Å². The molecule has 0 amide bonds. The molecule has 4 rings (SSSR count). The van der Waals surface area contributed by atoms with Crippen LogP contribution in [0.2, 0.25) is 5.02 Å². The molecule has 0 bridgehead atoms. The molecule has 0 saturated heterocycles. The van der Waals surface area contributed by atoms with Crippen LogP contribution in [0, 0.1) is 12.7 Å². The quantitative estimate of drug-likeness (QED) is 0.556. The second-order valence-corrected chi connectivity index (χ2v) is 6.32. The number of hydrogen-bond donors (Lipinski definition) is 0. The molecule has 4 aromatic rings. The molecule has 6 nitrogen and oxygen atoms in total. The number of rotatable bonds is 3. The first-order valence-electron chi connectivity index (χ1n) is 7.85. The van der Waals surface area contributed by atoms with Crippen LogP contribution in [0.15, 0.2) is 53.6 Å². The van der Waals surface area contributed by atoms with Crippen molar-refractivity contribution in [1.29, 1.82) is 0 Å². The number of halogens is 2. The van der Waals surface area contributed by atoms with E-state index < -0.39 is 0 Å². The summed E-state index contributed by atoms with van der Waals surface area (Å²) in [6.45, 7) is 2.17. The van der Waals surface area contributed by atoms with E-state index in [0.29, 0.717) is 16.4 Å². The van der Waals surface area contributed by atoms with Gasteiger partial charge in [0.1, 0.15) is 12.1 Å². The molecule has 0 atom stereocenters. The van der Waals surface area contributed by atoms with Crippen molar-refractivity contribution in [2.45, 2.75) is 13.5 Å². The Kier molecular flexibility index (Phi) is 4.00. The molecule has 0 aliphatic rings. The molecule has 2 aromatic carbocycles. The van der Waals surface area contributed by atoms with Gasteiger partial charge in [0.2, 0.25) is 0 Å². The summed E-state index contributed by atoms with van der Waals surface area (Å²) in [7, 11) is 0. The molecule has 0 spiro atoms. The highest BCUT2D eigenvalue weighted by Gasteiger charge is 2.14. The van der Waals surface area contributed by atoms with Gasteiger partial charge < -0.3 is 0 Å². The predicted octanol–water partition coefficient (Wildman–Crippen LogP) is 3.13. The van der Waals surface area contributed by atoms with Crippen LogP contribution in [0.4, 0.5) is 4.39 Å². The summed E-state index contributed by atoms with van der Waals surface area (Å²) in [5.74, 6) is -0.325. The molecule has 0 N–H and O–H groups in total. The lowest BCUT2D eigenvalue weighted by atomic mass is 10.2. The lowest BCUT2D eigenvalue weighted by molar-refractivity contribution is 0.626. The molecule has 0 aliphatic heterocycles. The number of fused-ring (bicyclic) bond motifs is 1. The molecular formula is C18H13ClFN5O. The van der Waals surface area contributed by atoms with Crippen molar-refractivity contribution in [3.8, 4) is 5.69 Å². The first kappa shape index (κ1) is 16.4. The van der Waals surface area contributed by atoms with E-state index in [1.54, 1.807) is 18.2 Å². The van der Waals surface area contributed by atoms with Crippen molar-refractivity contribution in [2.75, 3.05) is 0 Å². The van der Waals surface area contributed by atoms with E-state index >= 15 is 0 Å². The van der Waals surface area contributed by atoms with E-state index in [4.69, 9.17) is 11.6 Å². The fourth-order valence-electron chi connectivity index (χ4n) is 2.63. The minimum atomic E-state index is -0.325. The zero-order valence-corrected chi connectivity index (χ0v) is 14.5. The zero-order chi connectivity index (χ0) is 18.3. The standard InChI is InChI=1S/C18H13ClFN5O/c1-11-2-7-14(8-15(11)19)25-17-16(22-23-25)18(26)24(10-21-17)9-12-3-5-13(20)6-4-12/h2-8,10H,9H2,1H3. The number of benzene rings is 2. The highest BCUT2D eigenvalue weighted by molar-refractivity contribution is 6.31. The normalized spacial score (nSPS) is 11.2. The summed E-state index contributed by atoms with van der Waals surface area (Å²) < 4.78 is 15.9. The number of nitrogens with zero attached hydrogens (tertiary/aromatic N) is 5. The van der Waals surface area contributed by atoms with Crippen molar-refractivity contribution in [3.05, 3.63) is 81.1 Å². The summed E-state index contributed by atoms with van der Waals surface area (Å²) in [5.41, 5.74) is 2.59. The van der Waals surface area contributed by atoms with Crippen molar-refractivity contribution in [1.82, 2.24) is 24.5 Å². The van der Waals surface area contributed by atoms with Crippen molar-refractivity contribution in [2.24, 2.45) is 0 Å². The minimum absolute atomic E-state index is 0.159. The summed E-state index contributed by atoms with van der Waals surface area (Å²) in [6.07, 6.45) is 1.43. The summed E-state index contributed by atoms with van der Waals surface area (Å²) in [5, 5.41) is 8.61. The van der Waals surface area contributed by atoms with Crippen molar-refractivity contribution >= 4 is 22.8 Å². The third kappa shape index (κ3) is 2.86. The first-order chi connectivity index (χ1) is 12.5. The maximum absolute atomic E-state index is 13.0. The predicted molar refractivity (Wildman–Crippen MR) is 96.2 cm³/mol. The largest absolute Gasteiger partial charge is 0.293 e. The van der Waals surface area contributed by atoms with Gasteiger partial charge in [-0.1, -0.05) is 35.0 Å². The van der Waals surface area contributed by atoms with Crippen LogP contribution in [-0.4, -0.2) is 24.5 Å². The van der Waals surface area contributed by atoms with E-state index in [2.05, 4.69) is 15.3 Å². The van der Waals surface area contributed by atoms with Crippen LogP contribution < -0.4 is 5.56 Å². The van der Waals surface area contributed by atoms with Crippen LogP contribution >= 0.6 is 11.6 Å². The molecule has 0 unspecified atom stereocenters. The van der Waals surface area contributed by atoms with Crippen LogP contribution in [0.3, 0.4) is 0 Å². The third-order valence-corrected chi connectivity index (χ3v) is 4.50. The Morgan fingerprint density at radius 2 is 1.92 bits per heavy atom. The van der Waals surface area contributed by atoms with Gasteiger partial charge in [-0.3, -0.25) is 9.36 Å². The molecule has 0 saturated carbocycles. The third-order valence-electron chi connectivity index (χ3n) is 4.10. The minimum Gasteiger partial charge on any atom is -0.293 e. The van der Waals surface area contributed by atoms with Gasteiger partial charge in [0.25, 0.3) is 5.56 Å². The molecule has 0 fully saturated rings. The van der Waals surface area contributed by atoms with Gasteiger partial charge in [0.15, 0.2) is 11.2 Å². The Bertz CT molecular complexity index is 1170. The SMILES string of the molecule is Cc1ccc(-n2nnc3c(=O)n(Cc4ccc(F)cc4)cnc32)cc1Cl. The van der Waals surface area contributed by atoms with Crippen molar-refractivity contribution < 1.29 is 4.39 Å². The van der Waals surface area contributed by atoms with Gasteiger partial charge in [-0.2, -0.15) is 4.68 Å². The van der Waals surface area contributed by atoms with Gasteiger partial charge in [-0.15, -0.1) is 5.10 Å². The lowest BCUT2D eigenvalue weighted by Crippen LogP contribution is -2.21. The zero-order valence-electron chi connectivity index (χ0n) is 13.7. The van der Waals surface area contributed by atoms with E-state index in [9.17, 15) is 9.18 Å². The second-order valence-electron chi connectivity index (χ2n) is 5.91. The molecule has 26 heavy (non-hydrogen) atoms. The lowest BCUT2D eigenvalue weighted by Gasteiger charge is -2.06. The summed E-state index contributed by atoms with van der Waals surface area (Å²) >= 11 is 6.17. The Balaban J connectivity index is 1.76. The molecule has 2 heterocycles. The first-order valence-corrected chi connectivity index (χ1v) is 8.22. The van der Waals surface area contributed by atoms with E-state index in [1.165, 1.54) is 27.7 Å². The van der Waals surface area contributed by atoms with E-state index in [-0.39, 0.29) is 23.4 Å². The van der Waals surface area contributed by atoms with Gasteiger partial charge in [-0.25, -0.2) is 9.37 Å². The molecule has 0 radical (unpaired) electrons. The highest BCUT2D eigenvalue weighted by Crippen LogP contribution is 2.20. The molecule has 8 heteroatoms. The Hall–Kier alpha value is -3.06. The molecule has 2 aromatic heterocycles. The molecule has 0 aliphatic carbocycles. The van der Waals surface area contributed by atoms with Gasteiger partial charge in [-0.05, 0) is 42.3 Å². The Morgan fingerprint density at radius 1 is 1.15 bits per heavy atom. The summed E-state index contributed by atoms with van der Waals surface area (Å²) in [4.78, 5) is 17.0. The average molecular weight is 370 g/mol. The Labute approximate surface area is 152 Å². The van der Waals surface area contributed by atoms with Crippen LogP contribution in [0.5, 0.6) is 0 Å². The average Bonchev–Trinajstić information content (AvgIpc) is 3.06. The molecular weight excluding hydrogens is 357 g/mol. The Morgan fingerprint density at radius 3 is 2.65 bits per heavy atom. The monoisotopic (exact) mass is 369 g/mol. The fourth-order valence-corrected chi connectivity index (χ4v) is 2.81. The van der Waals surface area contributed by atoms with Gasteiger partial charge >= 0.3 is 0 Å². The number of aromatic nitrogens is 5. The highest BCUT2D eigenvalue weighted by atomic mass is 35.5. The number of hydrogen-bond acceptors (Lipinski definition) is 4. The topological polar surface area (TPSA) is 65.6 Å². The van der Waals surface area contributed by atoms with Crippen LogP contribution in [-0.2, 0) is 6.54 Å². The smallest absolute Gasteiger partial charge is 0.283 e. The van der Waals surface area contributed by atoms with Crippen LogP contribution in [0.1, 0.15) is 11.1 Å². The van der Waals surface area contributed by atoms with Gasteiger partial charge in [0.05, 0.1) is 12.2 Å². The fraction of sp³-hybridized carbons (Fsp3) is 0.111.